The summed E-state index contributed by atoms with van der Waals surface area (Å²) >= 11 is 0. The first-order chi connectivity index (χ1) is 15.1. The van der Waals surface area contributed by atoms with Gasteiger partial charge < -0.3 is 15.8 Å². The van der Waals surface area contributed by atoms with Gasteiger partial charge in [0.2, 0.25) is 11.8 Å². The number of hydrogen-bond acceptors (Lipinski definition) is 4. The highest BCUT2D eigenvalue weighted by Crippen LogP contribution is 2.33. The van der Waals surface area contributed by atoms with E-state index in [1.165, 1.54) is 0 Å². The molecule has 1 saturated heterocycles. The van der Waals surface area contributed by atoms with Gasteiger partial charge in [0.15, 0.2) is 0 Å². The van der Waals surface area contributed by atoms with Crippen LogP contribution in [0.1, 0.15) is 18.4 Å². The molecule has 0 radical (unpaired) electrons. The predicted octanol–water partition coefficient (Wildman–Crippen LogP) is 3.03. The van der Waals surface area contributed by atoms with Crippen molar-refractivity contribution in [2.45, 2.75) is 31.3 Å². The van der Waals surface area contributed by atoms with Gasteiger partial charge in [0.1, 0.15) is 11.8 Å². The fourth-order valence-electron chi connectivity index (χ4n) is 4.25. The second-order valence-electron chi connectivity index (χ2n) is 7.83. The zero-order valence-corrected chi connectivity index (χ0v) is 17.6. The first-order valence-electron chi connectivity index (χ1n) is 10.5. The third kappa shape index (κ3) is 4.39. The number of methoxy groups -OCH3 is 1. The van der Waals surface area contributed by atoms with Gasteiger partial charge in [0.05, 0.1) is 13.2 Å². The van der Waals surface area contributed by atoms with E-state index in [9.17, 15) is 9.59 Å². The predicted molar refractivity (Wildman–Crippen MR) is 122 cm³/mol. The first kappa shape index (κ1) is 20.9. The maximum Gasteiger partial charge on any atom is 0.244 e. The molecule has 3 aromatic rings. The number of ether oxygens (including phenoxy) is 1. The average molecular weight is 418 g/mol. The highest BCUT2D eigenvalue weighted by molar-refractivity contribution is 6.05. The van der Waals surface area contributed by atoms with Gasteiger partial charge in [-0.15, -0.1) is 0 Å². The maximum atomic E-state index is 13.6. The Morgan fingerprint density at radius 3 is 2.55 bits per heavy atom. The molecule has 2 amide bonds. The lowest BCUT2D eigenvalue weighted by Gasteiger charge is -2.32. The third-order valence-corrected chi connectivity index (χ3v) is 5.81. The van der Waals surface area contributed by atoms with Crippen LogP contribution in [0.25, 0.3) is 10.8 Å². The van der Waals surface area contributed by atoms with E-state index in [1.807, 2.05) is 66.7 Å². The Kier molecular flexibility index (Phi) is 6.18. The van der Waals surface area contributed by atoms with Crippen LogP contribution in [0.5, 0.6) is 5.75 Å². The topological polar surface area (TPSA) is 84.7 Å². The fraction of sp³-hybridized carbons (Fsp3) is 0.280. The Morgan fingerprint density at radius 2 is 1.87 bits per heavy atom. The van der Waals surface area contributed by atoms with Crippen LogP contribution in [0.4, 0.5) is 5.69 Å². The summed E-state index contributed by atoms with van der Waals surface area (Å²) in [6.45, 7) is 0.783. The number of nitrogens with one attached hydrogen (secondary N) is 1. The minimum Gasteiger partial charge on any atom is -0.496 e. The molecule has 0 saturated carbocycles. The molecule has 0 spiro atoms. The number of carbonyl (C=O) groups is 2. The molecule has 0 aromatic heterocycles. The van der Waals surface area contributed by atoms with Crippen LogP contribution < -0.4 is 20.7 Å². The largest absolute Gasteiger partial charge is 0.496 e. The number of carbonyl (C=O) groups excluding carboxylic acids is 2. The molecule has 0 unspecified atom stereocenters. The molecular weight excluding hydrogens is 390 g/mol. The summed E-state index contributed by atoms with van der Waals surface area (Å²) in [5.41, 5.74) is 7.40. The van der Waals surface area contributed by atoms with Crippen molar-refractivity contribution < 1.29 is 14.3 Å². The lowest BCUT2D eigenvalue weighted by molar-refractivity contribution is -0.125. The van der Waals surface area contributed by atoms with Gasteiger partial charge in [-0.1, -0.05) is 54.6 Å². The van der Waals surface area contributed by atoms with Gasteiger partial charge >= 0.3 is 0 Å². The zero-order chi connectivity index (χ0) is 21.8. The second kappa shape index (κ2) is 9.18. The first-order valence-corrected chi connectivity index (χ1v) is 10.5. The number of benzene rings is 3. The molecule has 2 atom stereocenters. The van der Waals surface area contributed by atoms with E-state index in [2.05, 4.69) is 5.32 Å². The van der Waals surface area contributed by atoms with Crippen LogP contribution in [0, 0.1) is 0 Å². The summed E-state index contributed by atoms with van der Waals surface area (Å²) < 4.78 is 5.61. The smallest absolute Gasteiger partial charge is 0.244 e. The molecule has 31 heavy (non-hydrogen) atoms. The number of primary amides is 1. The molecule has 6 nitrogen and oxygen atoms in total. The standard InChI is InChI=1S/C25H27N3O3/c1-31-23-16-19(15-18-10-5-6-11-20(18)23)28(25(30)21-12-7-13-27-21)22(24(26)29)14-17-8-3-2-4-9-17/h2-6,8-11,15-16,21-22,27H,7,12-14H2,1H3,(H2,26,29)/t21-,22-/m0/s1. The van der Waals surface area contributed by atoms with Crippen molar-refractivity contribution >= 4 is 28.3 Å². The van der Waals surface area contributed by atoms with Crippen LogP contribution in [-0.2, 0) is 16.0 Å². The maximum absolute atomic E-state index is 13.6. The molecule has 3 aromatic carbocycles. The summed E-state index contributed by atoms with van der Waals surface area (Å²) in [5, 5.41) is 5.13. The molecule has 160 valence electrons. The summed E-state index contributed by atoms with van der Waals surface area (Å²) in [5.74, 6) is -0.0369. The summed E-state index contributed by atoms with van der Waals surface area (Å²) in [6.07, 6.45) is 1.99. The van der Waals surface area contributed by atoms with E-state index in [0.29, 0.717) is 17.9 Å². The van der Waals surface area contributed by atoms with Crippen molar-refractivity contribution in [1.29, 1.82) is 0 Å². The fourth-order valence-corrected chi connectivity index (χ4v) is 4.25. The highest BCUT2D eigenvalue weighted by atomic mass is 16.5. The number of nitrogens with two attached hydrogens (primary N) is 1. The quantitative estimate of drug-likeness (QED) is 0.619. The van der Waals surface area contributed by atoms with Crippen molar-refractivity contribution in [3.05, 3.63) is 72.3 Å². The van der Waals surface area contributed by atoms with E-state index in [4.69, 9.17) is 10.5 Å². The number of anilines is 1. The molecule has 0 bridgehead atoms. The number of fused-ring (bicyclic) bond motifs is 1. The van der Waals surface area contributed by atoms with E-state index in [-0.39, 0.29) is 11.9 Å². The molecular formula is C25H27N3O3. The Labute approximate surface area is 182 Å². The minimum atomic E-state index is -0.817. The lowest BCUT2D eigenvalue weighted by Crippen LogP contribution is -2.54. The van der Waals surface area contributed by atoms with Crippen molar-refractivity contribution in [3.63, 3.8) is 0 Å². The van der Waals surface area contributed by atoms with E-state index in [1.54, 1.807) is 12.0 Å². The van der Waals surface area contributed by atoms with E-state index >= 15 is 0 Å². The normalized spacial score (nSPS) is 16.7. The van der Waals surface area contributed by atoms with Crippen LogP contribution in [0.3, 0.4) is 0 Å². The number of amides is 2. The Morgan fingerprint density at radius 1 is 1.13 bits per heavy atom. The van der Waals surface area contributed by atoms with Crippen molar-refractivity contribution in [2.75, 3.05) is 18.6 Å². The second-order valence-corrected chi connectivity index (χ2v) is 7.83. The molecule has 1 heterocycles. The van der Waals surface area contributed by atoms with Gasteiger partial charge in [-0.05, 0) is 36.4 Å². The van der Waals surface area contributed by atoms with E-state index in [0.717, 1.165) is 35.7 Å². The third-order valence-electron chi connectivity index (χ3n) is 5.81. The summed E-state index contributed by atoms with van der Waals surface area (Å²) in [4.78, 5) is 27.8. The van der Waals surface area contributed by atoms with Crippen molar-refractivity contribution in [2.24, 2.45) is 5.73 Å². The Balaban J connectivity index is 1.83. The van der Waals surface area contributed by atoms with Crippen LogP contribution >= 0.6 is 0 Å². The zero-order valence-electron chi connectivity index (χ0n) is 17.6. The molecule has 1 aliphatic heterocycles. The monoisotopic (exact) mass is 417 g/mol. The molecule has 1 aliphatic rings. The van der Waals surface area contributed by atoms with Crippen LogP contribution in [0.15, 0.2) is 66.7 Å². The molecule has 1 fully saturated rings. The minimum absolute atomic E-state index is 0.144. The van der Waals surface area contributed by atoms with Crippen LogP contribution in [0.2, 0.25) is 0 Å². The lowest BCUT2D eigenvalue weighted by atomic mass is 10.0. The molecule has 4 rings (SSSR count). The number of nitrogens with zero attached hydrogens (tertiary/aromatic N) is 1. The number of rotatable bonds is 7. The van der Waals surface area contributed by atoms with E-state index < -0.39 is 11.9 Å². The summed E-state index contributed by atoms with van der Waals surface area (Å²) in [7, 11) is 1.60. The SMILES string of the molecule is COc1cc(N(C(=O)[C@@H]2CCCN2)[C@@H](Cc2ccccc2)C(N)=O)cc2ccccc12. The van der Waals surface area contributed by atoms with Crippen molar-refractivity contribution in [1.82, 2.24) is 5.32 Å². The van der Waals surface area contributed by atoms with Gasteiger partial charge in [0, 0.05) is 23.6 Å². The average Bonchev–Trinajstić information content (AvgIpc) is 3.33. The molecule has 6 heteroatoms. The van der Waals surface area contributed by atoms with Gasteiger partial charge in [0.25, 0.3) is 0 Å². The number of hydrogen-bond donors (Lipinski definition) is 2. The van der Waals surface area contributed by atoms with Crippen LogP contribution in [-0.4, -0.2) is 37.6 Å². The van der Waals surface area contributed by atoms with Gasteiger partial charge in [-0.25, -0.2) is 0 Å². The molecule has 0 aliphatic carbocycles. The Hall–Kier alpha value is -3.38. The molecule has 3 N–H and O–H groups in total. The van der Waals surface area contributed by atoms with Gasteiger partial charge in [-0.2, -0.15) is 0 Å². The van der Waals surface area contributed by atoms with Gasteiger partial charge in [-0.3, -0.25) is 14.5 Å². The summed E-state index contributed by atoms with van der Waals surface area (Å²) in [6, 6.07) is 20.0. The highest BCUT2D eigenvalue weighted by Gasteiger charge is 2.35. The Bertz CT molecular complexity index is 1080. The van der Waals surface area contributed by atoms with Crippen molar-refractivity contribution in [3.8, 4) is 5.75 Å².